The van der Waals surface area contributed by atoms with Gasteiger partial charge in [-0.3, -0.25) is 9.59 Å². The SMILES string of the molecule is COc1c(O)cc(CC(=O)O)c2c1O[C@@H](C[C@H](C)O)CC2=O. The molecule has 0 spiro atoms. The van der Waals surface area contributed by atoms with Crippen molar-refractivity contribution in [2.45, 2.75) is 38.4 Å². The maximum absolute atomic E-state index is 12.4. The largest absolute Gasteiger partial charge is 0.504 e. The van der Waals surface area contributed by atoms with Gasteiger partial charge in [0.25, 0.3) is 0 Å². The van der Waals surface area contributed by atoms with E-state index >= 15 is 0 Å². The zero-order valence-electron chi connectivity index (χ0n) is 12.3. The fraction of sp³-hybridized carbons (Fsp3) is 0.467. The van der Waals surface area contributed by atoms with Gasteiger partial charge < -0.3 is 24.8 Å². The number of hydrogen-bond donors (Lipinski definition) is 3. The van der Waals surface area contributed by atoms with Gasteiger partial charge in [-0.2, -0.15) is 0 Å². The van der Waals surface area contributed by atoms with Gasteiger partial charge in [0.15, 0.2) is 17.3 Å². The predicted molar refractivity (Wildman–Crippen MR) is 75.7 cm³/mol. The summed E-state index contributed by atoms with van der Waals surface area (Å²) in [6.45, 7) is 1.58. The lowest BCUT2D eigenvalue weighted by Gasteiger charge is -2.29. The lowest BCUT2D eigenvalue weighted by atomic mass is 9.92. The summed E-state index contributed by atoms with van der Waals surface area (Å²) in [7, 11) is 1.32. The molecule has 7 nitrogen and oxygen atoms in total. The molecule has 0 saturated heterocycles. The van der Waals surface area contributed by atoms with Gasteiger partial charge >= 0.3 is 5.97 Å². The van der Waals surface area contributed by atoms with E-state index in [1.165, 1.54) is 13.2 Å². The minimum atomic E-state index is -1.12. The number of Topliss-reactive ketones (excluding diaryl/α,β-unsaturated/α-hetero) is 1. The number of phenols is 1. The molecular weight excluding hydrogens is 292 g/mol. The summed E-state index contributed by atoms with van der Waals surface area (Å²) in [5.74, 6) is -1.66. The predicted octanol–water partition coefficient (Wildman–Crippen LogP) is 1.13. The highest BCUT2D eigenvalue weighted by Gasteiger charge is 2.34. The number of carbonyl (C=O) groups is 2. The second-order valence-corrected chi connectivity index (χ2v) is 5.31. The maximum atomic E-state index is 12.4. The van der Waals surface area contributed by atoms with E-state index < -0.39 is 24.6 Å². The van der Waals surface area contributed by atoms with E-state index in [2.05, 4.69) is 0 Å². The topological polar surface area (TPSA) is 113 Å². The number of benzene rings is 1. The van der Waals surface area contributed by atoms with Crippen molar-refractivity contribution in [2.75, 3.05) is 7.11 Å². The van der Waals surface area contributed by atoms with E-state index in [4.69, 9.17) is 14.6 Å². The van der Waals surface area contributed by atoms with Crippen molar-refractivity contribution in [3.8, 4) is 17.2 Å². The molecule has 0 aromatic heterocycles. The number of aliphatic hydroxyl groups is 1. The summed E-state index contributed by atoms with van der Waals surface area (Å²) < 4.78 is 10.7. The fourth-order valence-corrected chi connectivity index (χ4v) is 2.63. The number of methoxy groups -OCH3 is 1. The van der Waals surface area contributed by atoms with Crippen LogP contribution in [-0.4, -0.2) is 46.4 Å². The third-order valence-corrected chi connectivity index (χ3v) is 3.42. The van der Waals surface area contributed by atoms with E-state index in [9.17, 15) is 19.8 Å². The summed E-state index contributed by atoms with van der Waals surface area (Å²) in [5.41, 5.74) is 0.306. The van der Waals surface area contributed by atoms with E-state index in [1.807, 2.05) is 0 Å². The van der Waals surface area contributed by atoms with E-state index in [0.717, 1.165) is 0 Å². The monoisotopic (exact) mass is 310 g/mol. The summed E-state index contributed by atoms with van der Waals surface area (Å²) in [4.78, 5) is 23.3. The van der Waals surface area contributed by atoms with Crippen molar-refractivity contribution < 1.29 is 34.4 Å². The van der Waals surface area contributed by atoms with Crippen LogP contribution in [0.1, 0.15) is 35.7 Å². The smallest absolute Gasteiger partial charge is 0.307 e. The first-order valence-electron chi connectivity index (χ1n) is 6.86. The normalized spacial score (nSPS) is 18.3. The number of hydrogen-bond acceptors (Lipinski definition) is 6. The Morgan fingerprint density at radius 1 is 1.55 bits per heavy atom. The minimum absolute atomic E-state index is 0.00668. The molecule has 2 rings (SSSR count). The molecule has 7 heteroatoms. The van der Waals surface area contributed by atoms with Crippen LogP contribution in [0.15, 0.2) is 6.07 Å². The number of aromatic hydroxyl groups is 1. The summed E-state index contributed by atoms with van der Waals surface area (Å²) in [5, 5.41) is 28.3. The number of rotatable bonds is 5. The Morgan fingerprint density at radius 3 is 2.77 bits per heavy atom. The van der Waals surface area contributed by atoms with E-state index in [0.29, 0.717) is 0 Å². The van der Waals surface area contributed by atoms with E-state index in [1.54, 1.807) is 6.92 Å². The molecule has 22 heavy (non-hydrogen) atoms. The molecule has 0 fully saturated rings. The third-order valence-electron chi connectivity index (χ3n) is 3.42. The number of carboxylic acids is 1. The van der Waals surface area contributed by atoms with Gasteiger partial charge in [0.05, 0.1) is 25.2 Å². The second kappa shape index (κ2) is 6.23. The minimum Gasteiger partial charge on any atom is -0.504 e. The number of aliphatic carboxylic acids is 1. The van der Waals surface area contributed by atoms with Crippen LogP contribution in [0.25, 0.3) is 0 Å². The highest BCUT2D eigenvalue weighted by Crippen LogP contribution is 2.45. The first-order chi connectivity index (χ1) is 10.3. The molecular formula is C15H18O7. The number of carboxylic acid groups (broad SMARTS) is 1. The molecule has 1 heterocycles. The first kappa shape index (κ1) is 16.1. The van der Waals surface area contributed by atoms with Crippen LogP contribution in [0, 0.1) is 0 Å². The molecule has 2 atom stereocenters. The number of ether oxygens (including phenoxy) is 2. The molecule has 3 N–H and O–H groups in total. The first-order valence-corrected chi connectivity index (χ1v) is 6.86. The Kier molecular flexibility index (Phi) is 4.56. The lowest BCUT2D eigenvalue weighted by Crippen LogP contribution is -2.31. The summed E-state index contributed by atoms with van der Waals surface area (Å²) in [6, 6.07) is 1.21. The van der Waals surface area contributed by atoms with Crippen molar-refractivity contribution in [2.24, 2.45) is 0 Å². The van der Waals surface area contributed by atoms with Gasteiger partial charge in [-0.15, -0.1) is 0 Å². The molecule has 0 bridgehead atoms. The number of fused-ring (bicyclic) bond motifs is 1. The number of carbonyl (C=O) groups excluding carboxylic acids is 1. The zero-order chi connectivity index (χ0) is 16.4. The molecule has 0 unspecified atom stereocenters. The van der Waals surface area contributed by atoms with Gasteiger partial charge in [-0.05, 0) is 18.6 Å². The van der Waals surface area contributed by atoms with Crippen LogP contribution >= 0.6 is 0 Å². The molecule has 1 aromatic carbocycles. The second-order valence-electron chi connectivity index (χ2n) is 5.31. The summed E-state index contributed by atoms with van der Waals surface area (Å²) in [6.07, 6.45) is -1.32. The Hall–Kier alpha value is -2.28. The Morgan fingerprint density at radius 2 is 2.23 bits per heavy atom. The molecule has 1 aliphatic heterocycles. The van der Waals surface area contributed by atoms with Crippen LogP contribution < -0.4 is 9.47 Å². The average Bonchev–Trinajstić information content (AvgIpc) is 2.36. The third kappa shape index (κ3) is 3.14. The van der Waals surface area contributed by atoms with Crippen molar-refractivity contribution in [1.29, 1.82) is 0 Å². The van der Waals surface area contributed by atoms with Crippen molar-refractivity contribution in [3.63, 3.8) is 0 Å². The molecule has 120 valence electrons. The van der Waals surface area contributed by atoms with Crippen LogP contribution in [0.4, 0.5) is 0 Å². The lowest BCUT2D eigenvalue weighted by molar-refractivity contribution is -0.136. The van der Waals surface area contributed by atoms with Gasteiger partial charge in [-0.25, -0.2) is 0 Å². The quantitative estimate of drug-likeness (QED) is 0.747. The maximum Gasteiger partial charge on any atom is 0.307 e. The molecule has 1 aliphatic rings. The van der Waals surface area contributed by atoms with Gasteiger partial charge in [-0.1, -0.05) is 0 Å². The van der Waals surface area contributed by atoms with Gasteiger partial charge in [0.1, 0.15) is 6.10 Å². The number of phenolic OH excluding ortho intramolecular Hbond substituents is 1. The number of ketones is 1. The summed E-state index contributed by atoms with van der Waals surface area (Å²) >= 11 is 0. The highest BCUT2D eigenvalue weighted by atomic mass is 16.5. The molecule has 0 saturated carbocycles. The molecule has 0 radical (unpaired) electrons. The van der Waals surface area contributed by atoms with Crippen molar-refractivity contribution in [1.82, 2.24) is 0 Å². The molecule has 1 aromatic rings. The molecule has 0 aliphatic carbocycles. The van der Waals surface area contributed by atoms with Gasteiger partial charge in [0, 0.05) is 12.8 Å². The average molecular weight is 310 g/mol. The van der Waals surface area contributed by atoms with Crippen LogP contribution in [0.2, 0.25) is 0 Å². The van der Waals surface area contributed by atoms with Crippen molar-refractivity contribution in [3.05, 3.63) is 17.2 Å². The number of aliphatic hydroxyl groups excluding tert-OH is 1. The highest BCUT2D eigenvalue weighted by molar-refractivity contribution is 6.03. The zero-order valence-corrected chi connectivity index (χ0v) is 12.3. The van der Waals surface area contributed by atoms with Gasteiger partial charge in [0.2, 0.25) is 5.75 Å². The van der Waals surface area contributed by atoms with Crippen molar-refractivity contribution >= 4 is 11.8 Å². The Balaban J connectivity index is 2.52. The fourth-order valence-electron chi connectivity index (χ4n) is 2.63. The Labute approximate surface area is 127 Å². The molecule has 0 amide bonds. The van der Waals surface area contributed by atoms with Crippen LogP contribution in [-0.2, 0) is 11.2 Å². The van der Waals surface area contributed by atoms with E-state index in [-0.39, 0.29) is 47.0 Å². The standard InChI is InChI=1S/C15H18O7/c1-7(16)3-9-6-10(17)13-8(5-12(19)20)4-11(18)14(21-2)15(13)22-9/h4,7,9,16,18H,3,5-6H2,1-2H3,(H,19,20)/t7-,9-/m0/s1. The van der Waals surface area contributed by atoms with Crippen LogP contribution in [0.3, 0.4) is 0 Å². The van der Waals surface area contributed by atoms with Crippen LogP contribution in [0.5, 0.6) is 17.2 Å². The Bertz CT molecular complexity index is 606.